The zero-order valence-electron chi connectivity index (χ0n) is 12.7. The fourth-order valence-corrected chi connectivity index (χ4v) is 3.68. The van der Waals surface area contributed by atoms with Crippen LogP contribution in [0.15, 0.2) is 24.3 Å². The van der Waals surface area contributed by atoms with E-state index in [2.05, 4.69) is 5.32 Å². The summed E-state index contributed by atoms with van der Waals surface area (Å²) < 4.78 is 30.2. The van der Waals surface area contributed by atoms with Crippen LogP contribution in [-0.4, -0.2) is 33.1 Å². The van der Waals surface area contributed by atoms with Crippen molar-refractivity contribution in [2.45, 2.75) is 38.5 Å². The van der Waals surface area contributed by atoms with E-state index in [-0.39, 0.29) is 17.0 Å². The number of sulfone groups is 1. The fraction of sp³-hybridized carbons (Fsp3) is 0.600. The van der Waals surface area contributed by atoms with Gasteiger partial charge in [-0.15, -0.1) is 0 Å². The van der Waals surface area contributed by atoms with Crippen molar-refractivity contribution < 1.29 is 13.2 Å². The van der Waals surface area contributed by atoms with Crippen LogP contribution in [0.3, 0.4) is 0 Å². The Morgan fingerprint density at radius 2 is 1.90 bits per heavy atom. The monoisotopic (exact) mass is 299 g/mol. The maximum atomic E-state index is 12.3. The number of hydrogen-bond donors (Lipinski definition) is 1. The van der Waals surface area contributed by atoms with Crippen LogP contribution in [0, 0.1) is 0 Å². The van der Waals surface area contributed by atoms with Crippen LogP contribution in [0.1, 0.15) is 38.8 Å². The number of rotatable bonds is 8. The lowest BCUT2D eigenvalue weighted by atomic mass is 10.1. The van der Waals surface area contributed by atoms with E-state index in [0.29, 0.717) is 13.0 Å². The molecule has 0 aliphatic rings. The molecule has 1 rings (SSSR count). The Morgan fingerprint density at radius 3 is 2.45 bits per heavy atom. The molecule has 0 aliphatic carbocycles. The molecule has 0 spiro atoms. The highest BCUT2D eigenvalue weighted by molar-refractivity contribution is 7.92. The first-order valence-electron chi connectivity index (χ1n) is 7.06. The quantitative estimate of drug-likeness (QED) is 0.801. The second-order valence-corrected chi connectivity index (χ2v) is 7.32. The van der Waals surface area contributed by atoms with E-state index in [4.69, 9.17) is 4.74 Å². The second-order valence-electron chi connectivity index (χ2n) is 4.86. The minimum Gasteiger partial charge on any atom is -0.494 e. The second kappa shape index (κ2) is 7.64. The maximum absolute atomic E-state index is 12.3. The third-order valence-electron chi connectivity index (χ3n) is 3.53. The van der Waals surface area contributed by atoms with E-state index in [1.807, 2.05) is 38.1 Å². The Labute approximate surface area is 122 Å². The fourth-order valence-electron chi connectivity index (χ4n) is 2.03. The molecule has 1 aromatic carbocycles. The first-order valence-corrected chi connectivity index (χ1v) is 8.78. The van der Waals surface area contributed by atoms with Gasteiger partial charge >= 0.3 is 0 Å². The first kappa shape index (κ1) is 17.0. The molecule has 0 aliphatic heterocycles. The third-order valence-corrected chi connectivity index (χ3v) is 5.89. The molecule has 0 saturated heterocycles. The average Bonchev–Trinajstić information content (AvgIpc) is 2.45. The third kappa shape index (κ3) is 4.21. The lowest BCUT2D eigenvalue weighted by Crippen LogP contribution is -2.30. The Hall–Kier alpha value is -1.07. The molecular weight excluding hydrogens is 274 g/mol. The highest BCUT2D eigenvalue weighted by Crippen LogP contribution is 2.27. The van der Waals surface area contributed by atoms with E-state index in [0.717, 1.165) is 11.3 Å². The summed E-state index contributed by atoms with van der Waals surface area (Å²) in [6, 6.07) is 7.33. The molecule has 0 radical (unpaired) electrons. The van der Waals surface area contributed by atoms with Crippen molar-refractivity contribution in [3.05, 3.63) is 29.8 Å². The summed E-state index contributed by atoms with van der Waals surface area (Å²) in [5, 5.41) is 2.77. The first-order chi connectivity index (χ1) is 9.46. The van der Waals surface area contributed by atoms with Gasteiger partial charge in [-0.25, -0.2) is 8.42 Å². The van der Waals surface area contributed by atoms with Gasteiger partial charge in [0, 0.05) is 11.6 Å². The number of hydrogen-bond acceptors (Lipinski definition) is 4. The van der Waals surface area contributed by atoms with Crippen LogP contribution in [0.25, 0.3) is 0 Å². The molecule has 20 heavy (non-hydrogen) atoms. The molecule has 114 valence electrons. The average molecular weight is 299 g/mol. The van der Waals surface area contributed by atoms with Crippen molar-refractivity contribution in [2.75, 3.05) is 19.4 Å². The van der Waals surface area contributed by atoms with Gasteiger partial charge in [0.25, 0.3) is 0 Å². The van der Waals surface area contributed by atoms with Crippen LogP contribution in [0.5, 0.6) is 5.75 Å². The summed E-state index contributed by atoms with van der Waals surface area (Å²) in [7, 11) is -1.34. The van der Waals surface area contributed by atoms with Gasteiger partial charge in [-0.2, -0.15) is 0 Å². The summed E-state index contributed by atoms with van der Waals surface area (Å²) in [5.41, 5.74) is 0.892. The van der Waals surface area contributed by atoms with Gasteiger partial charge in [0.15, 0.2) is 9.84 Å². The molecule has 0 heterocycles. The SMILES string of the molecule is CCOc1ccccc1C(CS(=O)(=O)C(C)CC)NC. The molecule has 4 nitrogen and oxygen atoms in total. The van der Waals surface area contributed by atoms with Crippen LogP contribution >= 0.6 is 0 Å². The smallest absolute Gasteiger partial charge is 0.154 e. The molecule has 1 aromatic rings. The summed E-state index contributed by atoms with van der Waals surface area (Å²) in [6.45, 7) is 6.13. The van der Waals surface area contributed by atoms with Crippen LogP contribution in [0.4, 0.5) is 0 Å². The molecule has 5 heteroatoms. The topological polar surface area (TPSA) is 55.4 Å². The van der Waals surface area contributed by atoms with Gasteiger partial charge in [-0.05, 0) is 33.4 Å². The van der Waals surface area contributed by atoms with Crippen molar-refractivity contribution >= 4 is 9.84 Å². The van der Waals surface area contributed by atoms with Crippen molar-refractivity contribution in [3.8, 4) is 5.75 Å². The molecule has 0 bridgehead atoms. The van der Waals surface area contributed by atoms with Gasteiger partial charge in [0.05, 0.1) is 17.6 Å². The van der Waals surface area contributed by atoms with E-state index in [9.17, 15) is 8.42 Å². The Morgan fingerprint density at radius 1 is 1.25 bits per heavy atom. The van der Waals surface area contributed by atoms with Crippen LogP contribution in [-0.2, 0) is 9.84 Å². The van der Waals surface area contributed by atoms with E-state index in [1.54, 1.807) is 14.0 Å². The van der Waals surface area contributed by atoms with E-state index in [1.165, 1.54) is 0 Å². The van der Waals surface area contributed by atoms with E-state index < -0.39 is 9.84 Å². The molecule has 2 atom stereocenters. The van der Waals surface area contributed by atoms with Crippen molar-refractivity contribution in [1.29, 1.82) is 0 Å². The van der Waals surface area contributed by atoms with Gasteiger partial charge in [-0.3, -0.25) is 0 Å². The zero-order chi connectivity index (χ0) is 15.2. The summed E-state index contributed by atoms with van der Waals surface area (Å²) in [6.07, 6.45) is 0.631. The number of nitrogens with one attached hydrogen (secondary N) is 1. The lowest BCUT2D eigenvalue weighted by Gasteiger charge is -2.21. The molecule has 0 aromatic heterocycles. The Bertz CT molecular complexity index is 514. The van der Waals surface area contributed by atoms with Gasteiger partial charge in [-0.1, -0.05) is 25.1 Å². The highest BCUT2D eigenvalue weighted by Gasteiger charge is 2.26. The van der Waals surface area contributed by atoms with Crippen molar-refractivity contribution in [1.82, 2.24) is 5.32 Å². The molecule has 0 amide bonds. The Balaban J connectivity index is 3.03. The van der Waals surface area contributed by atoms with Gasteiger partial charge in [0.1, 0.15) is 5.75 Å². The summed E-state index contributed by atoms with van der Waals surface area (Å²) >= 11 is 0. The zero-order valence-corrected chi connectivity index (χ0v) is 13.5. The predicted octanol–water partition coefficient (Wildman–Crippen LogP) is 2.56. The maximum Gasteiger partial charge on any atom is 0.154 e. The molecular formula is C15H25NO3S. The van der Waals surface area contributed by atoms with E-state index >= 15 is 0 Å². The minimum absolute atomic E-state index is 0.0859. The Kier molecular flexibility index (Phi) is 6.49. The predicted molar refractivity (Wildman–Crippen MR) is 83.0 cm³/mol. The number of benzene rings is 1. The van der Waals surface area contributed by atoms with Crippen molar-refractivity contribution in [3.63, 3.8) is 0 Å². The lowest BCUT2D eigenvalue weighted by molar-refractivity contribution is 0.333. The number of para-hydroxylation sites is 1. The normalized spacial score (nSPS) is 14.8. The largest absolute Gasteiger partial charge is 0.494 e. The summed E-state index contributed by atoms with van der Waals surface area (Å²) in [5.74, 6) is 0.830. The van der Waals surface area contributed by atoms with Crippen molar-refractivity contribution in [2.24, 2.45) is 0 Å². The number of ether oxygens (including phenoxy) is 1. The van der Waals surface area contributed by atoms with Crippen LogP contribution in [0.2, 0.25) is 0 Å². The standard InChI is InChI=1S/C15H25NO3S/c1-5-12(3)20(17,18)11-14(16-4)13-9-7-8-10-15(13)19-6-2/h7-10,12,14,16H,5-6,11H2,1-4H3. The molecule has 0 fully saturated rings. The molecule has 2 unspecified atom stereocenters. The minimum atomic E-state index is -3.12. The van der Waals surface area contributed by atoms with Gasteiger partial charge < -0.3 is 10.1 Å². The van der Waals surface area contributed by atoms with Crippen LogP contribution < -0.4 is 10.1 Å². The molecule has 1 N–H and O–H groups in total. The van der Waals surface area contributed by atoms with Gasteiger partial charge in [0.2, 0.25) is 0 Å². The summed E-state index contributed by atoms with van der Waals surface area (Å²) in [4.78, 5) is 0. The molecule has 0 saturated carbocycles. The highest BCUT2D eigenvalue weighted by atomic mass is 32.2.